The first-order valence-corrected chi connectivity index (χ1v) is 7.97. The number of carbonyl (C=O) groups excluding carboxylic acids is 2. The number of esters is 1. The lowest BCUT2D eigenvalue weighted by atomic mass is 10.0. The van der Waals surface area contributed by atoms with Gasteiger partial charge in [-0.1, -0.05) is 12.1 Å². The highest BCUT2D eigenvalue weighted by Crippen LogP contribution is 2.29. The molecule has 2 aromatic rings. The third kappa shape index (κ3) is 2.62. The predicted molar refractivity (Wildman–Crippen MR) is 89.1 cm³/mol. The van der Waals surface area contributed by atoms with Crippen LogP contribution in [0.4, 0.5) is 4.79 Å². The van der Waals surface area contributed by atoms with Gasteiger partial charge in [0.1, 0.15) is 11.9 Å². The van der Waals surface area contributed by atoms with E-state index in [0.717, 1.165) is 11.0 Å². The van der Waals surface area contributed by atoms with E-state index in [4.69, 9.17) is 4.74 Å². The predicted octanol–water partition coefficient (Wildman–Crippen LogP) is 2.25. The largest absolute Gasteiger partial charge is 0.463 e. The first kappa shape index (κ1) is 16.0. The van der Waals surface area contributed by atoms with Gasteiger partial charge in [-0.15, -0.1) is 0 Å². The van der Waals surface area contributed by atoms with E-state index in [2.05, 4.69) is 15.6 Å². The van der Waals surface area contributed by atoms with Crippen molar-refractivity contribution in [1.29, 1.82) is 0 Å². The summed E-state index contributed by atoms with van der Waals surface area (Å²) in [4.78, 5) is 29.0. The van der Waals surface area contributed by atoms with E-state index < -0.39 is 12.0 Å². The number of benzene rings is 1. The second kappa shape index (κ2) is 6.35. The number of allylic oxidation sites excluding steroid dienone is 1. The molecule has 3 rings (SSSR count). The Morgan fingerprint density at radius 1 is 1.33 bits per heavy atom. The van der Waals surface area contributed by atoms with Gasteiger partial charge in [0.15, 0.2) is 0 Å². The minimum absolute atomic E-state index is 0.264. The zero-order valence-corrected chi connectivity index (χ0v) is 13.9. The van der Waals surface area contributed by atoms with Gasteiger partial charge in [0.05, 0.1) is 23.2 Å². The number of fused-ring (bicyclic) bond motifs is 1. The highest BCUT2D eigenvalue weighted by atomic mass is 16.5. The molecule has 1 atom stereocenters. The van der Waals surface area contributed by atoms with Gasteiger partial charge in [-0.25, -0.2) is 14.6 Å². The van der Waals surface area contributed by atoms with Crippen molar-refractivity contribution in [2.75, 3.05) is 6.61 Å². The van der Waals surface area contributed by atoms with E-state index in [1.54, 1.807) is 13.8 Å². The summed E-state index contributed by atoms with van der Waals surface area (Å²) in [5.74, 6) is 0.165. The number of aromatic nitrogens is 2. The number of hydrogen-bond donors (Lipinski definition) is 2. The van der Waals surface area contributed by atoms with E-state index in [0.29, 0.717) is 23.6 Å². The van der Waals surface area contributed by atoms with Gasteiger partial charge in [-0.05, 0) is 32.9 Å². The molecular weight excluding hydrogens is 308 g/mol. The fourth-order valence-electron chi connectivity index (χ4n) is 3.01. The SMILES string of the molecule is CCOC(=O)C1=C(C)NC(=O)NC1c1nc2ccccc2n1CC. The molecule has 0 saturated heterocycles. The molecule has 0 fully saturated rings. The lowest BCUT2D eigenvalue weighted by molar-refractivity contribution is -0.139. The van der Waals surface area contributed by atoms with E-state index >= 15 is 0 Å². The molecule has 2 N–H and O–H groups in total. The summed E-state index contributed by atoms with van der Waals surface area (Å²) in [5.41, 5.74) is 2.64. The number of para-hydroxylation sites is 2. The van der Waals surface area contributed by atoms with Crippen LogP contribution in [0.3, 0.4) is 0 Å². The van der Waals surface area contributed by atoms with E-state index in [-0.39, 0.29) is 12.6 Å². The molecule has 1 aliphatic heterocycles. The van der Waals surface area contributed by atoms with Crippen molar-refractivity contribution in [3.63, 3.8) is 0 Å². The van der Waals surface area contributed by atoms with Crippen molar-refractivity contribution >= 4 is 23.0 Å². The van der Waals surface area contributed by atoms with Crippen molar-refractivity contribution in [2.45, 2.75) is 33.4 Å². The minimum Gasteiger partial charge on any atom is -0.463 e. The van der Waals surface area contributed by atoms with Crippen LogP contribution in [0.2, 0.25) is 0 Å². The highest BCUT2D eigenvalue weighted by molar-refractivity contribution is 5.95. The molecule has 1 aromatic heterocycles. The number of urea groups is 1. The normalized spacial score (nSPS) is 17.6. The van der Waals surface area contributed by atoms with E-state index in [1.165, 1.54) is 0 Å². The zero-order valence-electron chi connectivity index (χ0n) is 13.9. The minimum atomic E-state index is -0.648. The van der Waals surface area contributed by atoms with Crippen LogP contribution in [0.1, 0.15) is 32.6 Å². The van der Waals surface area contributed by atoms with Crippen molar-refractivity contribution in [2.24, 2.45) is 0 Å². The Hall–Kier alpha value is -2.83. The number of nitrogens with zero attached hydrogens (tertiary/aromatic N) is 2. The summed E-state index contributed by atoms with van der Waals surface area (Å²) in [7, 11) is 0. The summed E-state index contributed by atoms with van der Waals surface area (Å²) in [6.07, 6.45) is 0. The fraction of sp³-hybridized carbons (Fsp3) is 0.353. The van der Waals surface area contributed by atoms with Crippen molar-refractivity contribution in [3.05, 3.63) is 41.4 Å². The Morgan fingerprint density at radius 3 is 2.79 bits per heavy atom. The number of ether oxygens (including phenoxy) is 1. The lowest BCUT2D eigenvalue weighted by Gasteiger charge is -2.27. The quantitative estimate of drug-likeness (QED) is 0.843. The average Bonchev–Trinajstić information content (AvgIpc) is 2.92. The molecule has 24 heavy (non-hydrogen) atoms. The van der Waals surface area contributed by atoms with Gasteiger partial charge in [0.2, 0.25) is 0 Å². The summed E-state index contributed by atoms with van der Waals surface area (Å²) >= 11 is 0. The highest BCUT2D eigenvalue weighted by Gasteiger charge is 2.35. The maximum atomic E-state index is 12.4. The molecule has 0 bridgehead atoms. The molecule has 2 amide bonds. The molecule has 0 spiro atoms. The first-order chi connectivity index (χ1) is 11.6. The van der Waals surface area contributed by atoms with Gasteiger partial charge < -0.3 is 19.9 Å². The Labute approximate surface area is 139 Å². The maximum absolute atomic E-state index is 12.4. The average molecular weight is 328 g/mol. The number of rotatable bonds is 4. The standard InChI is InChI=1S/C17H20N4O3/c1-4-21-12-9-7-6-8-11(12)19-15(21)14-13(16(22)24-5-2)10(3)18-17(23)20-14/h6-9,14H,4-5H2,1-3H3,(H2,18,20,23). The Kier molecular flexibility index (Phi) is 4.24. The second-order valence-electron chi connectivity index (χ2n) is 5.49. The molecule has 126 valence electrons. The van der Waals surface area contributed by atoms with Crippen molar-refractivity contribution in [1.82, 2.24) is 20.2 Å². The summed E-state index contributed by atoms with van der Waals surface area (Å²) in [5, 5.41) is 5.43. The molecule has 1 aliphatic rings. The number of hydrogen-bond acceptors (Lipinski definition) is 4. The number of nitrogens with one attached hydrogen (secondary N) is 2. The smallest absolute Gasteiger partial charge is 0.338 e. The van der Waals surface area contributed by atoms with Gasteiger partial charge in [-0.3, -0.25) is 0 Å². The molecule has 2 heterocycles. The van der Waals surface area contributed by atoms with Gasteiger partial charge in [-0.2, -0.15) is 0 Å². The maximum Gasteiger partial charge on any atom is 0.338 e. The van der Waals surface area contributed by atoms with Crippen LogP contribution in [0.15, 0.2) is 35.5 Å². The summed E-state index contributed by atoms with van der Waals surface area (Å²) in [6.45, 7) is 6.38. The van der Waals surface area contributed by atoms with E-state index in [9.17, 15) is 9.59 Å². The lowest BCUT2D eigenvalue weighted by Crippen LogP contribution is -2.46. The number of amides is 2. The van der Waals surface area contributed by atoms with Crippen LogP contribution < -0.4 is 10.6 Å². The number of aryl methyl sites for hydroxylation is 1. The third-order valence-electron chi connectivity index (χ3n) is 4.02. The van der Waals surface area contributed by atoms with Gasteiger partial charge in [0, 0.05) is 12.2 Å². The second-order valence-corrected chi connectivity index (χ2v) is 5.49. The summed E-state index contributed by atoms with van der Waals surface area (Å²) in [6, 6.07) is 6.72. The van der Waals surface area contributed by atoms with Crippen LogP contribution in [0.5, 0.6) is 0 Å². The molecule has 0 saturated carbocycles. The molecule has 0 radical (unpaired) electrons. The van der Waals surface area contributed by atoms with E-state index in [1.807, 2.05) is 35.8 Å². The molecule has 1 aromatic carbocycles. The molecule has 7 nitrogen and oxygen atoms in total. The van der Waals surface area contributed by atoms with Crippen LogP contribution >= 0.6 is 0 Å². The summed E-state index contributed by atoms with van der Waals surface area (Å²) < 4.78 is 7.16. The van der Waals surface area contributed by atoms with Crippen LogP contribution in [0, 0.1) is 0 Å². The monoisotopic (exact) mass is 328 g/mol. The topological polar surface area (TPSA) is 85.2 Å². The number of imidazole rings is 1. The molecule has 7 heteroatoms. The van der Waals surface area contributed by atoms with Gasteiger partial charge in [0.25, 0.3) is 0 Å². The first-order valence-electron chi connectivity index (χ1n) is 7.97. The van der Waals surface area contributed by atoms with Crippen molar-refractivity contribution < 1.29 is 14.3 Å². The molecule has 1 unspecified atom stereocenters. The van der Waals surface area contributed by atoms with Crippen molar-refractivity contribution in [3.8, 4) is 0 Å². The Balaban J connectivity index is 2.16. The van der Waals surface area contributed by atoms with Crippen LogP contribution in [0.25, 0.3) is 11.0 Å². The van der Waals surface area contributed by atoms with Crippen LogP contribution in [-0.4, -0.2) is 28.2 Å². The Morgan fingerprint density at radius 2 is 2.08 bits per heavy atom. The zero-order chi connectivity index (χ0) is 17.3. The molecule has 0 aliphatic carbocycles. The Bertz CT molecular complexity index is 837. The van der Waals surface area contributed by atoms with Crippen LogP contribution in [-0.2, 0) is 16.1 Å². The number of carbonyl (C=O) groups is 2. The molecular formula is C17H20N4O3. The third-order valence-corrected chi connectivity index (χ3v) is 4.02. The fourth-order valence-corrected chi connectivity index (χ4v) is 3.01. The van der Waals surface area contributed by atoms with Gasteiger partial charge >= 0.3 is 12.0 Å².